The maximum atomic E-state index is 12.0. The second-order valence-electron chi connectivity index (χ2n) is 5.92. The molecule has 2 N–H and O–H groups in total. The van der Waals surface area contributed by atoms with Crippen LogP contribution in [0.1, 0.15) is 38.6 Å². The fourth-order valence-corrected chi connectivity index (χ4v) is 2.01. The minimum Gasteiger partial charge on any atom is -0.392 e. The van der Waals surface area contributed by atoms with Gasteiger partial charge in [0.25, 0.3) is 0 Å². The fraction of sp³-hybridized carbons (Fsp3) is 0.692. The summed E-state index contributed by atoms with van der Waals surface area (Å²) in [6.07, 6.45) is 0.297. The van der Waals surface area contributed by atoms with Crippen molar-refractivity contribution in [2.24, 2.45) is 0 Å². The van der Waals surface area contributed by atoms with E-state index in [9.17, 15) is 9.90 Å². The zero-order chi connectivity index (χ0) is 13.3. The maximum Gasteiger partial charge on any atom is 0.157 e. The lowest BCUT2D eigenvalue weighted by molar-refractivity contribution is -0.120. The summed E-state index contributed by atoms with van der Waals surface area (Å²) in [5.74, 6) is 0.635. The third kappa shape index (κ3) is 2.97. The van der Waals surface area contributed by atoms with Gasteiger partial charge in [0.05, 0.1) is 24.3 Å². The largest absolute Gasteiger partial charge is 0.392 e. The van der Waals surface area contributed by atoms with E-state index in [-0.39, 0.29) is 23.7 Å². The van der Waals surface area contributed by atoms with Crippen molar-refractivity contribution in [3.63, 3.8) is 0 Å². The molecule has 0 radical (unpaired) electrons. The fourth-order valence-electron chi connectivity index (χ4n) is 2.01. The second kappa shape index (κ2) is 4.82. The molecule has 0 amide bonds. The number of ketones is 1. The molecule has 18 heavy (non-hydrogen) atoms. The lowest BCUT2D eigenvalue weighted by Gasteiger charge is -2.12. The van der Waals surface area contributed by atoms with Crippen molar-refractivity contribution in [2.75, 3.05) is 6.54 Å². The second-order valence-corrected chi connectivity index (χ2v) is 5.92. The molecule has 100 valence electrons. The van der Waals surface area contributed by atoms with Gasteiger partial charge in [-0.1, -0.05) is 25.9 Å². The van der Waals surface area contributed by atoms with Gasteiger partial charge in [-0.25, -0.2) is 0 Å². The number of carbonyl (C=O) groups excluding carboxylic acids is 1. The average molecular weight is 252 g/mol. The van der Waals surface area contributed by atoms with Gasteiger partial charge in [0.15, 0.2) is 5.78 Å². The molecular weight excluding hydrogens is 232 g/mol. The first-order valence-corrected chi connectivity index (χ1v) is 6.26. The van der Waals surface area contributed by atoms with Crippen LogP contribution in [-0.4, -0.2) is 34.7 Å². The van der Waals surface area contributed by atoms with E-state index in [2.05, 4.69) is 10.5 Å². The number of carbonyl (C=O) groups is 1. The van der Waals surface area contributed by atoms with Gasteiger partial charge < -0.3 is 14.9 Å². The van der Waals surface area contributed by atoms with Crippen molar-refractivity contribution in [2.45, 2.75) is 51.2 Å². The molecule has 0 unspecified atom stereocenters. The molecule has 0 aliphatic carbocycles. The number of nitrogens with one attached hydrogen (secondary N) is 1. The molecule has 1 saturated heterocycles. The molecule has 0 saturated carbocycles. The number of aliphatic hydroxyl groups excluding tert-OH is 1. The van der Waals surface area contributed by atoms with Crippen molar-refractivity contribution in [1.29, 1.82) is 0 Å². The van der Waals surface area contributed by atoms with Gasteiger partial charge in [-0.3, -0.25) is 4.79 Å². The van der Waals surface area contributed by atoms with Gasteiger partial charge in [0, 0.05) is 18.0 Å². The van der Waals surface area contributed by atoms with Crippen molar-refractivity contribution in [3.05, 3.63) is 17.5 Å². The van der Waals surface area contributed by atoms with Crippen LogP contribution < -0.4 is 5.32 Å². The summed E-state index contributed by atoms with van der Waals surface area (Å²) in [5, 5.41) is 16.4. The lowest BCUT2D eigenvalue weighted by Crippen LogP contribution is -2.31. The van der Waals surface area contributed by atoms with E-state index >= 15 is 0 Å². The SMILES string of the molecule is CC(C)(C)c1cc(CC(=O)[C@@H]2C[C@H](O)CN2)on1. The molecule has 1 aliphatic rings. The summed E-state index contributed by atoms with van der Waals surface area (Å²) < 4.78 is 5.19. The Labute approximate surface area is 107 Å². The van der Waals surface area contributed by atoms with Gasteiger partial charge in [0.2, 0.25) is 0 Å². The van der Waals surface area contributed by atoms with Crippen molar-refractivity contribution >= 4 is 5.78 Å². The number of β-amino-alcohol motifs (C(OH)–C–C–N with tert-alkyl or cyclic N) is 1. The standard InChI is InChI=1S/C13H20N2O3/c1-13(2,3)12-6-9(18-15-12)5-11(17)10-4-8(16)7-14-10/h6,8,10,14,16H,4-5,7H2,1-3H3/t8-,10-/m0/s1. The van der Waals surface area contributed by atoms with Crippen LogP contribution in [0.4, 0.5) is 0 Å². The maximum absolute atomic E-state index is 12.0. The molecule has 0 bridgehead atoms. The number of hydrogen-bond acceptors (Lipinski definition) is 5. The van der Waals surface area contributed by atoms with E-state index in [1.807, 2.05) is 26.8 Å². The quantitative estimate of drug-likeness (QED) is 0.832. The Kier molecular flexibility index (Phi) is 3.54. The summed E-state index contributed by atoms with van der Waals surface area (Å²) in [7, 11) is 0. The molecule has 2 rings (SSSR count). The highest BCUT2D eigenvalue weighted by atomic mass is 16.5. The molecule has 2 atom stereocenters. The first-order valence-electron chi connectivity index (χ1n) is 6.26. The zero-order valence-electron chi connectivity index (χ0n) is 11.1. The number of rotatable bonds is 3. The Hall–Kier alpha value is -1.20. The van der Waals surface area contributed by atoms with Crippen LogP contribution in [-0.2, 0) is 16.6 Å². The minimum absolute atomic E-state index is 0.0446. The number of hydrogen-bond donors (Lipinski definition) is 2. The van der Waals surface area contributed by atoms with Crippen LogP contribution in [0.2, 0.25) is 0 Å². The summed E-state index contributed by atoms with van der Waals surface area (Å²) >= 11 is 0. The molecular formula is C13H20N2O3. The molecule has 5 nitrogen and oxygen atoms in total. The highest BCUT2D eigenvalue weighted by molar-refractivity contribution is 5.86. The third-order valence-corrected chi connectivity index (χ3v) is 3.17. The number of nitrogens with zero attached hydrogens (tertiary/aromatic N) is 1. The highest BCUT2D eigenvalue weighted by Gasteiger charge is 2.29. The topological polar surface area (TPSA) is 75.4 Å². The van der Waals surface area contributed by atoms with Gasteiger partial charge >= 0.3 is 0 Å². The zero-order valence-corrected chi connectivity index (χ0v) is 11.1. The average Bonchev–Trinajstić information content (AvgIpc) is 2.85. The molecule has 1 aromatic heterocycles. The monoisotopic (exact) mass is 252 g/mol. The van der Waals surface area contributed by atoms with Crippen LogP contribution in [0.3, 0.4) is 0 Å². The van der Waals surface area contributed by atoms with Crippen LogP contribution in [0.5, 0.6) is 0 Å². The number of aromatic nitrogens is 1. The molecule has 0 spiro atoms. The summed E-state index contributed by atoms with van der Waals surface area (Å²) in [6, 6.07) is 1.58. The van der Waals surface area contributed by atoms with Gasteiger partial charge in [0.1, 0.15) is 5.76 Å². The van der Waals surface area contributed by atoms with Crippen LogP contribution in [0.15, 0.2) is 10.6 Å². The van der Waals surface area contributed by atoms with Crippen molar-refractivity contribution in [1.82, 2.24) is 10.5 Å². The van der Waals surface area contributed by atoms with Crippen LogP contribution in [0, 0.1) is 0 Å². The molecule has 2 heterocycles. The van der Waals surface area contributed by atoms with E-state index in [4.69, 9.17) is 4.52 Å². The number of Topliss-reactive ketones (excluding diaryl/α,β-unsaturated/α-hetero) is 1. The van der Waals surface area contributed by atoms with Gasteiger partial charge in [-0.2, -0.15) is 0 Å². The number of aliphatic hydroxyl groups is 1. The predicted octanol–water partition coefficient (Wildman–Crippen LogP) is 0.806. The molecule has 0 aromatic carbocycles. The smallest absolute Gasteiger partial charge is 0.157 e. The summed E-state index contributed by atoms with van der Waals surface area (Å²) in [5.41, 5.74) is 0.775. The first-order chi connectivity index (χ1) is 8.36. The van der Waals surface area contributed by atoms with Crippen molar-refractivity contribution < 1.29 is 14.4 Å². The Morgan fingerprint density at radius 2 is 2.33 bits per heavy atom. The van der Waals surface area contributed by atoms with E-state index in [1.54, 1.807) is 0 Å². The minimum atomic E-state index is -0.418. The Morgan fingerprint density at radius 3 is 2.83 bits per heavy atom. The lowest BCUT2D eigenvalue weighted by atomic mass is 9.92. The predicted molar refractivity (Wildman–Crippen MR) is 66.3 cm³/mol. The first kappa shape index (κ1) is 13.2. The van der Waals surface area contributed by atoms with E-state index in [0.717, 1.165) is 5.69 Å². The van der Waals surface area contributed by atoms with Crippen LogP contribution >= 0.6 is 0 Å². The van der Waals surface area contributed by atoms with Gasteiger partial charge in [-0.15, -0.1) is 0 Å². The van der Waals surface area contributed by atoms with E-state index in [0.29, 0.717) is 18.7 Å². The summed E-state index contributed by atoms with van der Waals surface area (Å²) in [4.78, 5) is 12.0. The Balaban J connectivity index is 1.97. The molecule has 1 aromatic rings. The third-order valence-electron chi connectivity index (χ3n) is 3.17. The van der Waals surface area contributed by atoms with Crippen molar-refractivity contribution in [3.8, 4) is 0 Å². The van der Waals surface area contributed by atoms with E-state index in [1.165, 1.54) is 0 Å². The normalized spacial score (nSPS) is 24.4. The Morgan fingerprint density at radius 1 is 1.61 bits per heavy atom. The van der Waals surface area contributed by atoms with E-state index < -0.39 is 6.10 Å². The molecule has 1 fully saturated rings. The van der Waals surface area contributed by atoms with Crippen LogP contribution in [0.25, 0.3) is 0 Å². The Bertz CT molecular complexity index is 434. The highest BCUT2D eigenvalue weighted by Crippen LogP contribution is 2.22. The summed E-state index contributed by atoms with van der Waals surface area (Å²) in [6.45, 7) is 6.63. The van der Waals surface area contributed by atoms with Gasteiger partial charge in [-0.05, 0) is 6.42 Å². The molecule has 5 heteroatoms. The molecule has 1 aliphatic heterocycles.